The van der Waals surface area contributed by atoms with Crippen molar-refractivity contribution in [1.29, 1.82) is 0 Å². The Morgan fingerprint density at radius 2 is 1.83 bits per heavy atom. The number of nitrogens with one attached hydrogen (secondary N) is 1. The van der Waals surface area contributed by atoms with E-state index in [1.807, 2.05) is 0 Å². The number of anilines is 1. The van der Waals surface area contributed by atoms with Crippen LogP contribution in [0.25, 0.3) is 11.5 Å². The van der Waals surface area contributed by atoms with Crippen LogP contribution in [-0.4, -0.2) is 41.9 Å². The number of carbonyl (C=O) groups is 1. The van der Waals surface area contributed by atoms with Crippen LogP contribution in [0, 0.1) is 0 Å². The summed E-state index contributed by atoms with van der Waals surface area (Å²) in [6.07, 6.45) is 1.71. The summed E-state index contributed by atoms with van der Waals surface area (Å²) in [5.74, 6) is -0.389. The molecular weight excluding hydrogens is 459 g/mol. The minimum absolute atomic E-state index is 0.114. The van der Waals surface area contributed by atoms with E-state index in [-0.39, 0.29) is 22.4 Å². The Bertz CT molecular complexity index is 1150. The third-order valence-corrected chi connectivity index (χ3v) is 7.75. The van der Waals surface area contributed by atoms with Crippen molar-refractivity contribution >= 4 is 56.5 Å². The lowest BCUT2D eigenvalue weighted by Gasteiger charge is -2.15. The Labute approximate surface area is 180 Å². The molecule has 0 unspecified atom stereocenters. The van der Waals surface area contributed by atoms with Gasteiger partial charge in [0, 0.05) is 18.7 Å². The number of sulfonamides is 1. The van der Waals surface area contributed by atoms with E-state index >= 15 is 0 Å². The number of amides is 1. The van der Waals surface area contributed by atoms with Crippen molar-refractivity contribution in [1.82, 2.24) is 14.5 Å². The molecule has 8 nitrogen and oxygen atoms in total. The van der Waals surface area contributed by atoms with Crippen LogP contribution in [0.15, 0.2) is 39.6 Å². The molecule has 2 aromatic heterocycles. The molecule has 1 fully saturated rings. The first-order valence-corrected chi connectivity index (χ1v) is 11.6. The van der Waals surface area contributed by atoms with E-state index in [1.54, 1.807) is 6.07 Å². The molecule has 0 bridgehead atoms. The second-order valence-corrected chi connectivity index (χ2v) is 10.5. The Hall–Kier alpha value is -1.98. The van der Waals surface area contributed by atoms with E-state index < -0.39 is 15.9 Å². The summed E-state index contributed by atoms with van der Waals surface area (Å²) in [6.45, 7) is 1.03. The number of hydrogen-bond donors (Lipinski definition) is 1. The van der Waals surface area contributed by atoms with Gasteiger partial charge in [-0.1, -0.05) is 28.3 Å². The van der Waals surface area contributed by atoms with Crippen molar-refractivity contribution in [2.24, 2.45) is 0 Å². The fourth-order valence-electron chi connectivity index (χ4n) is 2.89. The van der Waals surface area contributed by atoms with Crippen LogP contribution in [0.1, 0.15) is 23.2 Å². The Balaban J connectivity index is 1.47. The van der Waals surface area contributed by atoms with Crippen molar-refractivity contribution in [3.63, 3.8) is 0 Å². The van der Waals surface area contributed by atoms with Crippen LogP contribution in [-0.2, 0) is 10.0 Å². The Morgan fingerprint density at radius 1 is 1.14 bits per heavy atom. The third kappa shape index (κ3) is 4.17. The lowest BCUT2D eigenvalue weighted by Crippen LogP contribution is -2.27. The smallest absolute Gasteiger partial charge is 0.322 e. The number of hydrogen-bond acceptors (Lipinski definition) is 7. The van der Waals surface area contributed by atoms with Gasteiger partial charge in [0.15, 0.2) is 0 Å². The van der Waals surface area contributed by atoms with Gasteiger partial charge in [-0.3, -0.25) is 10.1 Å². The minimum atomic E-state index is -3.53. The highest BCUT2D eigenvalue weighted by Crippen LogP contribution is 2.37. The first kappa shape index (κ1) is 20.3. The summed E-state index contributed by atoms with van der Waals surface area (Å²) < 4.78 is 32.8. The van der Waals surface area contributed by atoms with Crippen LogP contribution in [0.3, 0.4) is 0 Å². The molecule has 0 radical (unpaired) electrons. The number of halogens is 2. The predicted octanol–water partition coefficient (Wildman–Crippen LogP) is 4.14. The maximum absolute atomic E-state index is 12.5. The van der Waals surface area contributed by atoms with Crippen LogP contribution >= 0.6 is 34.5 Å². The molecule has 1 aliphatic heterocycles. The fraction of sp³-hybridized carbons (Fsp3) is 0.235. The summed E-state index contributed by atoms with van der Waals surface area (Å²) in [4.78, 5) is 12.6. The van der Waals surface area contributed by atoms with Gasteiger partial charge in [-0.2, -0.15) is 4.31 Å². The topological polar surface area (TPSA) is 105 Å². The molecular formula is C17H14Cl2N4O4S2. The summed E-state index contributed by atoms with van der Waals surface area (Å²) in [5.41, 5.74) is 0.730. The van der Waals surface area contributed by atoms with Crippen molar-refractivity contribution < 1.29 is 17.6 Å². The van der Waals surface area contributed by atoms with E-state index in [2.05, 4.69) is 15.5 Å². The zero-order valence-corrected chi connectivity index (χ0v) is 17.9. The zero-order valence-electron chi connectivity index (χ0n) is 14.8. The van der Waals surface area contributed by atoms with Gasteiger partial charge in [0.25, 0.3) is 11.8 Å². The van der Waals surface area contributed by atoms with E-state index in [4.69, 9.17) is 27.6 Å². The second-order valence-electron chi connectivity index (χ2n) is 6.24. The van der Waals surface area contributed by atoms with E-state index in [0.29, 0.717) is 27.3 Å². The SMILES string of the molecule is O=C(Nc1nnc(-c2cc(Cl)sc2Cl)o1)c1ccc(S(=O)(=O)N2CCCC2)cc1. The molecule has 29 heavy (non-hydrogen) atoms. The molecule has 1 amide bonds. The number of aromatic nitrogens is 2. The third-order valence-electron chi connectivity index (χ3n) is 4.35. The summed E-state index contributed by atoms with van der Waals surface area (Å²) >= 11 is 13.1. The average molecular weight is 473 g/mol. The Kier molecular flexibility index (Phi) is 5.63. The van der Waals surface area contributed by atoms with E-state index in [1.165, 1.54) is 28.6 Å². The number of thiophene rings is 1. The number of nitrogens with zero attached hydrogens (tertiary/aromatic N) is 3. The van der Waals surface area contributed by atoms with Gasteiger partial charge in [0.1, 0.15) is 4.34 Å². The molecule has 3 heterocycles. The van der Waals surface area contributed by atoms with Gasteiger partial charge in [0.05, 0.1) is 14.8 Å². The molecule has 1 N–H and O–H groups in total. The first-order valence-electron chi connectivity index (χ1n) is 8.55. The molecule has 0 saturated carbocycles. The standard InChI is InChI=1S/C17H14Cl2N4O4S2/c18-13-9-12(14(19)28-13)16-21-22-17(27-16)20-15(24)10-3-5-11(6-4-10)29(25,26)23-7-1-2-8-23/h3-6,9H,1-2,7-8H2,(H,20,22,24). The van der Waals surface area contributed by atoms with Crippen molar-refractivity contribution in [3.05, 3.63) is 44.6 Å². The van der Waals surface area contributed by atoms with Gasteiger partial charge in [0.2, 0.25) is 10.0 Å². The normalized spacial score (nSPS) is 15.0. The number of carbonyl (C=O) groups excluding carboxylic acids is 1. The summed E-state index contributed by atoms with van der Waals surface area (Å²) in [6, 6.07) is 7.17. The molecule has 3 aromatic rings. The van der Waals surface area contributed by atoms with Gasteiger partial charge in [-0.05, 0) is 43.2 Å². The molecule has 1 saturated heterocycles. The second kappa shape index (κ2) is 8.04. The maximum Gasteiger partial charge on any atom is 0.322 e. The number of rotatable bonds is 5. The van der Waals surface area contributed by atoms with Crippen molar-refractivity contribution in [3.8, 4) is 11.5 Å². The Morgan fingerprint density at radius 3 is 2.45 bits per heavy atom. The van der Waals surface area contributed by atoms with Crippen LogP contribution in [0.2, 0.25) is 8.67 Å². The molecule has 1 aliphatic rings. The maximum atomic E-state index is 12.5. The predicted molar refractivity (Wildman–Crippen MR) is 110 cm³/mol. The minimum Gasteiger partial charge on any atom is -0.403 e. The summed E-state index contributed by atoms with van der Waals surface area (Å²) in [5, 5.41) is 10.1. The monoisotopic (exact) mass is 472 g/mol. The first-order chi connectivity index (χ1) is 13.8. The molecule has 0 atom stereocenters. The van der Waals surface area contributed by atoms with Crippen LogP contribution in [0.4, 0.5) is 6.01 Å². The van der Waals surface area contributed by atoms with Crippen LogP contribution < -0.4 is 5.32 Å². The molecule has 0 aliphatic carbocycles. The lowest BCUT2D eigenvalue weighted by molar-refractivity contribution is 0.102. The van der Waals surface area contributed by atoms with E-state index in [9.17, 15) is 13.2 Å². The van der Waals surface area contributed by atoms with Gasteiger partial charge >= 0.3 is 6.01 Å². The molecule has 152 valence electrons. The largest absolute Gasteiger partial charge is 0.403 e. The van der Waals surface area contributed by atoms with Crippen molar-refractivity contribution in [2.75, 3.05) is 18.4 Å². The molecule has 1 aromatic carbocycles. The lowest BCUT2D eigenvalue weighted by atomic mass is 10.2. The van der Waals surface area contributed by atoms with Crippen molar-refractivity contribution in [2.45, 2.75) is 17.7 Å². The average Bonchev–Trinajstić information content (AvgIpc) is 3.43. The fourth-order valence-corrected chi connectivity index (χ4v) is 5.86. The van der Waals surface area contributed by atoms with Crippen LogP contribution in [0.5, 0.6) is 0 Å². The number of benzene rings is 1. The molecule has 12 heteroatoms. The van der Waals surface area contributed by atoms with Gasteiger partial charge in [-0.25, -0.2) is 8.42 Å². The van der Waals surface area contributed by atoms with E-state index in [0.717, 1.165) is 24.2 Å². The van der Waals surface area contributed by atoms with Gasteiger partial charge < -0.3 is 4.42 Å². The quantitative estimate of drug-likeness (QED) is 0.597. The highest BCUT2D eigenvalue weighted by atomic mass is 35.5. The highest BCUT2D eigenvalue weighted by molar-refractivity contribution is 7.89. The molecule has 4 rings (SSSR count). The molecule has 0 spiro atoms. The van der Waals surface area contributed by atoms with Gasteiger partial charge in [-0.15, -0.1) is 16.4 Å². The zero-order chi connectivity index (χ0) is 20.6. The summed E-state index contributed by atoms with van der Waals surface area (Å²) in [7, 11) is -3.53. The highest BCUT2D eigenvalue weighted by Gasteiger charge is 2.27.